The molecule has 4 atom stereocenters. The summed E-state index contributed by atoms with van der Waals surface area (Å²) in [5.41, 5.74) is 0. The molecule has 0 rings (SSSR count). The number of carbonyl (C=O) groups is 1. The molecule has 0 aliphatic carbocycles. The van der Waals surface area contributed by atoms with Crippen LogP contribution in [0.4, 0.5) is 0 Å². The van der Waals surface area contributed by atoms with Crippen molar-refractivity contribution >= 4 is 20.6 Å². The Morgan fingerprint density at radius 2 is 1.58 bits per heavy atom. The summed E-state index contributed by atoms with van der Waals surface area (Å²) in [7, 11) is 0. The average Bonchev–Trinajstić information content (AvgIpc) is 2.00. The van der Waals surface area contributed by atoms with Gasteiger partial charge in [-0.25, -0.2) is 0 Å². The van der Waals surface area contributed by atoms with Crippen molar-refractivity contribution in [3.05, 3.63) is 0 Å². The summed E-state index contributed by atoms with van der Waals surface area (Å²) < 4.78 is -0.838. The first-order valence-corrected chi connectivity index (χ1v) is 4.08. The topological polar surface area (TPSA) is 98.0 Å². The molecule has 0 radical (unpaired) electrons. The second-order valence-electron chi connectivity index (χ2n) is 2.47. The van der Waals surface area contributed by atoms with E-state index in [2.05, 4.69) is 15.9 Å². The largest absolute Gasteiger partial charge is 0.391 e. The summed E-state index contributed by atoms with van der Waals surface area (Å²) in [5.74, 6) is 0. The van der Waals surface area contributed by atoms with Crippen molar-refractivity contribution in [3.8, 4) is 0 Å². The van der Waals surface area contributed by atoms with Gasteiger partial charge in [-0.2, -0.15) is 0 Å². The Hall–Kier alpha value is -0.0100. The number of carbonyl (C=O) groups excluding carboxylic acids is 1. The van der Waals surface area contributed by atoms with Crippen LogP contribution in [-0.2, 0) is 4.79 Å². The molecule has 5 nitrogen and oxygen atoms in total. The summed E-state index contributed by atoms with van der Waals surface area (Å²) in [6, 6.07) is 0. The molecule has 0 unspecified atom stereocenters. The predicted octanol–water partition coefficient (Wildman–Crippen LogP) is -1.63. The van der Waals surface area contributed by atoms with Gasteiger partial charge in [0, 0.05) is 0 Å². The summed E-state index contributed by atoms with van der Waals surface area (Å²) in [4.78, 5) is 10.4. The highest BCUT2D eigenvalue weighted by Gasteiger charge is 2.31. The van der Waals surface area contributed by atoms with E-state index in [0.717, 1.165) is 0 Å². The number of aliphatic hydroxyl groups is 4. The van der Waals surface area contributed by atoms with E-state index in [4.69, 9.17) is 20.4 Å². The number of hydrogen-bond acceptors (Lipinski definition) is 5. The van der Waals surface area contributed by atoms with Gasteiger partial charge in [0.25, 0.3) is 0 Å². The van der Waals surface area contributed by atoms with Crippen LogP contribution in [0.1, 0.15) is 6.92 Å². The van der Waals surface area contributed by atoms with Crippen LogP contribution >= 0.6 is 15.9 Å². The Morgan fingerprint density at radius 1 is 1.17 bits per heavy atom. The molecule has 0 saturated heterocycles. The zero-order valence-electron chi connectivity index (χ0n) is 6.38. The molecule has 0 aromatic heterocycles. The van der Waals surface area contributed by atoms with Gasteiger partial charge in [0.1, 0.15) is 12.2 Å². The molecule has 4 N–H and O–H groups in total. The van der Waals surface area contributed by atoms with E-state index in [-0.39, 0.29) is 0 Å². The number of aliphatic hydroxyl groups excluding tert-OH is 4. The van der Waals surface area contributed by atoms with E-state index < -0.39 is 29.1 Å². The lowest BCUT2D eigenvalue weighted by Crippen LogP contribution is -2.45. The van der Waals surface area contributed by atoms with Crippen LogP contribution in [0.3, 0.4) is 0 Å². The van der Waals surface area contributed by atoms with Gasteiger partial charge in [0.15, 0.2) is 6.10 Å². The summed E-state index contributed by atoms with van der Waals surface area (Å²) in [5, 5.41) is 35.7. The first-order chi connectivity index (χ1) is 5.37. The monoisotopic (exact) mass is 242 g/mol. The number of rotatable bonds is 4. The van der Waals surface area contributed by atoms with Crippen LogP contribution in [0.25, 0.3) is 0 Å². The SMILES string of the molecule is C[C@@H](O)[C@H](O)[C@H](O)[C@@H](O)C(=O)Br. The van der Waals surface area contributed by atoms with Crippen LogP contribution in [0.2, 0.25) is 0 Å². The summed E-state index contributed by atoms with van der Waals surface area (Å²) >= 11 is 2.42. The third-order valence-electron chi connectivity index (χ3n) is 1.40. The van der Waals surface area contributed by atoms with Crippen molar-refractivity contribution in [2.45, 2.75) is 31.3 Å². The molecule has 72 valence electrons. The van der Waals surface area contributed by atoms with Crippen LogP contribution in [0.15, 0.2) is 0 Å². The molecule has 0 spiro atoms. The molecule has 6 heteroatoms. The number of halogens is 1. The minimum atomic E-state index is -1.73. The van der Waals surface area contributed by atoms with Gasteiger partial charge >= 0.3 is 0 Å². The molecule has 0 heterocycles. The van der Waals surface area contributed by atoms with E-state index in [1.807, 2.05) is 0 Å². The molecule has 0 bridgehead atoms. The van der Waals surface area contributed by atoms with Crippen molar-refractivity contribution < 1.29 is 25.2 Å². The van der Waals surface area contributed by atoms with E-state index in [1.165, 1.54) is 6.92 Å². The van der Waals surface area contributed by atoms with E-state index in [9.17, 15) is 4.79 Å². The molecule has 0 aromatic rings. The fraction of sp³-hybridized carbons (Fsp3) is 0.833. The fourth-order valence-corrected chi connectivity index (χ4v) is 0.877. The first kappa shape index (κ1) is 12.0. The van der Waals surface area contributed by atoms with Gasteiger partial charge in [0.2, 0.25) is 4.69 Å². The quantitative estimate of drug-likeness (QED) is 0.444. The van der Waals surface area contributed by atoms with Crippen molar-refractivity contribution in [2.75, 3.05) is 0 Å². The van der Waals surface area contributed by atoms with Gasteiger partial charge < -0.3 is 20.4 Å². The van der Waals surface area contributed by atoms with Crippen molar-refractivity contribution in [2.24, 2.45) is 0 Å². The lowest BCUT2D eigenvalue weighted by atomic mass is 10.1. The molecule has 0 aromatic carbocycles. The van der Waals surface area contributed by atoms with Gasteiger partial charge in [-0.1, -0.05) is 0 Å². The van der Waals surface area contributed by atoms with Crippen molar-refractivity contribution in [1.29, 1.82) is 0 Å². The highest BCUT2D eigenvalue weighted by molar-refractivity contribution is 9.18. The highest BCUT2D eigenvalue weighted by atomic mass is 79.9. The lowest BCUT2D eigenvalue weighted by molar-refractivity contribution is -0.134. The second kappa shape index (κ2) is 4.88. The molecule has 0 fully saturated rings. The third kappa shape index (κ3) is 3.16. The van der Waals surface area contributed by atoms with Crippen LogP contribution < -0.4 is 0 Å². The molecule has 0 amide bonds. The lowest BCUT2D eigenvalue weighted by Gasteiger charge is -2.22. The maximum Gasteiger partial charge on any atom is 0.228 e. The normalized spacial score (nSPS) is 21.2. The Bertz CT molecular complexity index is 160. The smallest absolute Gasteiger partial charge is 0.228 e. The maximum absolute atomic E-state index is 10.4. The zero-order valence-corrected chi connectivity index (χ0v) is 7.97. The fourth-order valence-electron chi connectivity index (χ4n) is 0.606. The first-order valence-electron chi connectivity index (χ1n) is 3.29. The Balaban J connectivity index is 4.18. The second-order valence-corrected chi connectivity index (χ2v) is 3.25. The standard InChI is InChI=1S/C6H11BrO5/c1-2(8)3(9)4(10)5(11)6(7)12/h2-5,8-11H,1H3/t2-,3+,4+,5-/m1/s1. The highest BCUT2D eigenvalue weighted by Crippen LogP contribution is 2.07. The Labute approximate surface area is 77.8 Å². The van der Waals surface area contributed by atoms with Crippen LogP contribution in [0, 0.1) is 0 Å². The Kier molecular flexibility index (Phi) is 4.88. The van der Waals surface area contributed by atoms with E-state index in [1.54, 1.807) is 0 Å². The predicted molar refractivity (Wildman–Crippen MR) is 43.6 cm³/mol. The molecule has 0 saturated carbocycles. The maximum atomic E-state index is 10.4. The minimum absolute atomic E-state index is 0.838. The van der Waals surface area contributed by atoms with Gasteiger partial charge in [-0.05, 0) is 22.9 Å². The molecule has 12 heavy (non-hydrogen) atoms. The molecular weight excluding hydrogens is 232 g/mol. The molecular formula is C6H11BrO5. The minimum Gasteiger partial charge on any atom is -0.391 e. The van der Waals surface area contributed by atoms with Crippen LogP contribution in [0.5, 0.6) is 0 Å². The summed E-state index contributed by atoms with van der Waals surface area (Å²) in [6.07, 6.45) is -6.16. The van der Waals surface area contributed by atoms with E-state index >= 15 is 0 Å². The van der Waals surface area contributed by atoms with Gasteiger partial charge in [-0.3, -0.25) is 4.79 Å². The number of hydrogen-bond donors (Lipinski definition) is 4. The Morgan fingerprint density at radius 3 is 1.83 bits per heavy atom. The average molecular weight is 243 g/mol. The third-order valence-corrected chi connectivity index (χ3v) is 1.87. The van der Waals surface area contributed by atoms with Crippen LogP contribution in [-0.4, -0.2) is 49.5 Å². The van der Waals surface area contributed by atoms with Crippen molar-refractivity contribution in [3.63, 3.8) is 0 Å². The zero-order chi connectivity index (χ0) is 9.89. The van der Waals surface area contributed by atoms with Crippen molar-refractivity contribution in [1.82, 2.24) is 0 Å². The van der Waals surface area contributed by atoms with Gasteiger partial charge in [-0.15, -0.1) is 0 Å². The summed E-state index contributed by atoms with van der Waals surface area (Å²) in [6.45, 7) is 1.24. The molecule has 0 aliphatic rings. The molecule has 0 aliphatic heterocycles. The van der Waals surface area contributed by atoms with E-state index in [0.29, 0.717) is 0 Å². The van der Waals surface area contributed by atoms with Gasteiger partial charge in [0.05, 0.1) is 6.10 Å².